The molecule has 4 atom stereocenters. The maximum Gasteiger partial charge on any atom is 0.195 e. The SMILES string of the molecule is Clc1ccc(CO[C@@]23CC[C@@H]2O[C@]2(OCc4ccc(Cl)cc4)CC[C@@H]2O3)cc1. The molecule has 2 aliphatic carbocycles. The van der Waals surface area contributed by atoms with E-state index in [9.17, 15) is 0 Å². The Morgan fingerprint density at radius 2 is 1.11 bits per heavy atom. The standard InChI is InChI=1S/C22H22Cl2O4/c23-17-5-1-15(2-6-17)13-25-21-11-9-19(21)28-22(12-10-20(22)27-21)26-14-16-3-7-18(24)8-4-16/h1-8,19-20H,9-14H2/t19-,20-,21+,22+/m0/s1. The maximum absolute atomic E-state index is 6.41. The van der Waals surface area contributed by atoms with Gasteiger partial charge in [0.1, 0.15) is 12.2 Å². The molecule has 3 fully saturated rings. The van der Waals surface area contributed by atoms with Crippen LogP contribution in [0, 0.1) is 0 Å². The Morgan fingerprint density at radius 1 is 0.714 bits per heavy atom. The van der Waals surface area contributed by atoms with Gasteiger partial charge in [0.25, 0.3) is 0 Å². The first-order chi connectivity index (χ1) is 13.6. The van der Waals surface area contributed by atoms with Crippen LogP contribution < -0.4 is 0 Å². The fourth-order valence-corrected chi connectivity index (χ4v) is 4.27. The van der Waals surface area contributed by atoms with Crippen molar-refractivity contribution in [1.29, 1.82) is 0 Å². The molecule has 5 rings (SSSR count). The van der Waals surface area contributed by atoms with Crippen LogP contribution >= 0.6 is 23.2 Å². The minimum atomic E-state index is -0.655. The molecule has 28 heavy (non-hydrogen) atoms. The predicted molar refractivity (Wildman–Crippen MR) is 106 cm³/mol. The summed E-state index contributed by atoms with van der Waals surface area (Å²) in [5.74, 6) is -1.31. The molecule has 1 aliphatic heterocycles. The van der Waals surface area contributed by atoms with E-state index in [4.69, 9.17) is 42.1 Å². The smallest absolute Gasteiger partial charge is 0.195 e. The molecule has 0 spiro atoms. The first-order valence-corrected chi connectivity index (χ1v) is 10.4. The van der Waals surface area contributed by atoms with Crippen molar-refractivity contribution in [1.82, 2.24) is 0 Å². The first kappa shape index (κ1) is 18.9. The monoisotopic (exact) mass is 420 g/mol. The maximum atomic E-state index is 6.41. The highest BCUT2D eigenvalue weighted by atomic mass is 35.5. The Balaban J connectivity index is 1.22. The molecule has 4 nitrogen and oxygen atoms in total. The molecule has 6 heteroatoms. The average molecular weight is 421 g/mol. The third-order valence-electron chi connectivity index (χ3n) is 5.97. The molecular formula is C22H22Cl2O4. The van der Waals surface area contributed by atoms with E-state index in [1.54, 1.807) is 0 Å². The van der Waals surface area contributed by atoms with E-state index < -0.39 is 11.6 Å². The molecule has 2 aromatic rings. The van der Waals surface area contributed by atoms with Crippen LogP contribution in [-0.4, -0.2) is 23.8 Å². The minimum absolute atomic E-state index is 0.0958. The Labute approximate surface area is 174 Å². The topological polar surface area (TPSA) is 36.9 Å². The van der Waals surface area contributed by atoms with Crippen LogP contribution in [0.4, 0.5) is 0 Å². The molecule has 2 saturated carbocycles. The Kier molecular flexibility index (Phi) is 4.90. The van der Waals surface area contributed by atoms with Gasteiger partial charge in [-0.2, -0.15) is 0 Å². The van der Waals surface area contributed by atoms with Gasteiger partial charge in [0, 0.05) is 22.9 Å². The molecule has 0 amide bonds. The molecule has 148 valence electrons. The normalized spacial score (nSPS) is 33.4. The van der Waals surface area contributed by atoms with Crippen LogP contribution in [0.5, 0.6) is 0 Å². The summed E-state index contributed by atoms with van der Waals surface area (Å²) in [5, 5.41) is 1.44. The van der Waals surface area contributed by atoms with Crippen molar-refractivity contribution in [3.63, 3.8) is 0 Å². The molecule has 0 N–H and O–H groups in total. The molecule has 3 aliphatic rings. The first-order valence-electron chi connectivity index (χ1n) is 9.69. The highest BCUT2D eigenvalue weighted by molar-refractivity contribution is 6.30. The number of hydrogen-bond donors (Lipinski definition) is 0. The van der Waals surface area contributed by atoms with E-state index in [1.165, 1.54) is 0 Å². The second-order valence-corrected chi connectivity index (χ2v) is 8.62. The van der Waals surface area contributed by atoms with Gasteiger partial charge in [0.2, 0.25) is 0 Å². The lowest BCUT2D eigenvalue weighted by molar-refractivity contribution is -0.494. The van der Waals surface area contributed by atoms with Gasteiger partial charge in [-0.15, -0.1) is 0 Å². The summed E-state index contributed by atoms with van der Waals surface area (Å²) >= 11 is 11.9. The molecule has 1 heterocycles. The molecule has 0 radical (unpaired) electrons. The van der Waals surface area contributed by atoms with Crippen molar-refractivity contribution in [2.45, 2.75) is 62.7 Å². The lowest BCUT2D eigenvalue weighted by Crippen LogP contribution is -2.73. The second kappa shape index (κ2) is 7.28. The summed E-state index contributed by atoms with van der Waals surface area (Å²) in [6.45, 7) is 0.949. The van der Waals surface area contributed by atoms with Crippen molar-refractivity contribution in [2.24, 2.45) is 0 Å². The van der Waals surface area contributed by atoms with Crippen molar-refractivity contribution in [3.8, 4) is 0 Å². The van der Waals surface area contributed by atoms with Gasteiger partial charge in [0.15, 0.2) is 11.6 Å². The van der Waals surface area contributed by atoms with Crippen LogP contribution in [0.15, 0.2) is 48.5 Å². The Morgan fingerprint density at radius 3 is 1.43 bits per heavy atom. The van der Waals surface area contributed by atoms with Crippen LogP contribution in [0.25, 0.3) is 0 Å². The predicted octanol–water partition coefficient (Wildman–Crippen LogP) is 5.49. The van der Waals surface area contributed by atoms with E-state index in [2.05, 4.69) is 0 Å². The summed E-state index contributed by atoms with van der Waals surface area (Å²) in [4.78, 5) is 0. The van der Waals surface area contributed by atoms with E-state index >= 15 is 0 Å². The van der Waals surface area contributed by atoms with Gasteiger partial charge in [-0.25, -0.2) is 0 Å². The lowest BCUT2D eigenvalue weighted by atomic mass is 9.78. The van der Waals surface area contributed by atoms with Crippen molar-refractivity contribution >= 4 is 23.2 Å². The second-order valence-electron chi connectivity index (χ2n) is 7.74. The number of hydrogen-bond acceptors (Lipinski definition) is 4. The van der Waals surface area contributed by atoms with Gasteiger partial charge in [-0.05, 0) is 48.2 Å². The fraction of sp³-hybridized carbons (Fsp3) is 0.455. The van der Waals surface area contributed by atoms with Crippen LogP contribution in [0.3, 0.4) is 0 Å². The zero-order chi connectivity index (χ0) is 19.2. The van der Waals surface area contributed by atoms with Crippen molar-refractivity contribution in [2.75, 3.05) is 0 Å². The van der Waals surface area contributed by atoms with E-state index in [1.807, 2.05) is 48.5 Å². The van der Waals surface area contributed by atoms with Crippen molar-refractivity contribution < 1.29 is 18.9 Å². The van der Waals surface area contributed by atoms with E-state index in [0.29, 0.717) is 13.2 Å². The Hall–Kier alpha value is -1.14. The van der Waals surface area contributed by atoms with Crippen LogP contribution in [-0.2, 0) is 32.2 Å². The van der Waals surface area contributed by atoms with Gasteiger partial charge in [-0.3, -0.25) is 0 Å². The van der Waals surface area contributed by atoms with Crippen LogP contribution in [0.1, 0.15) is 36.8 Å². The molecule has 0 unspecified atom stereocenters. The summed E-state index contributed by atoms with van der Waals surface area (Å²) in [7, 11) is 0. The number of ether oxygens (including phenoxy) is 4. The van der Waals surface area contributed by atoms with Gasteiger partial charge < -0.3 is 18.9 Å². The highest BCUT2D eigenvalue weighted by Crippen LogP contribution is 2.55. The number of halogens is 2. The highest BCUT2D eigenvalue weighted by Gasteiger charge is 2.66. The van der Waals surface area contributed by atoms with Crippen molar-refractivity contribution in [3.05, 3.63) is 69.7 Å². The minimum Gasteiger partial charge on any atom is -0.343 e. The summed E-state index contributed by atoms with van der Waals surface area (Å²) in [6.07, 6.45) is 3.33. The summed E-state index contributed by atoms with van der Waals surface area (Å²) < 4.78 is 25.2. The number of fused-ring (bicyclic) bond motifs is 2. The quantitative estimate of drug-likeness (QED) is 0.618. The van der Waals surface area contributed by atoms with E-state index in [0.717, 1.165) is 46.9 Å². The Bertz CT molecular complexity index is 769. The van der Waals surface area contributed by atoms with E-state index in [-0.39, 0.29) is 12.2 Å². The number of benzene rings is 2. The average Bonchev–Trinajstić information content (AvgIpc) is 2.68. The van der Waals surface area contributed by atoms with Crippen LogP contribution in [0.2, 0.25) is 10.0 Å². The number of rotatable bonds is 6. The molecule has 2 aromatic carbocycles. The lowest BCUT2D eigenvalue weighted by Gasteiger charge is -2.62. The molecule has 0 bridgehead atoms. The third-order valence-corrected chi connectivity index (χ3v) is 6.47. The molecule has 0 aromatic heterocycles. The summed E-state index contributed by atoms with van der Waals surface area (Å²) in [5.41, 5.74) is 2.13. The summed E-state index contributed by atoms with van der Waals surface area (Å²) in [6, 6.07) is 15.4. The third kappa shape index (κ3) is 3.36. The zero-order valence-electron chi connectivity index (χ0n) is 15.4. The van der Waals surface area contributed by atoms with Gasteiger partial charge in [-0.1, -0.05) is 47.5 Å². The van der Waals surface area contributed by atoms with Gasteiger partial charge in [0.05, 0.1) is 13.2 Å². The molecule has 1 saturated heterocycles. The van der Waals surface area contributed by atoms with Gasteiger partial charge >= 0.3 is 0 Å². The largest absolute Gasteiger partial charge is 0.343 e. The molecular weight excluding hydrogens is 399 g/mol. The zero-order valence-corrected chi connectivity index (χ0v) is 16.9. The fourth-order valence-electron chi connectivity index (χ4n) is 4.01.